The highest BCUT2D eigenvalue weighted by Crippen LogP contribution is 2.72. The molecule has 4 unspecified atom stereocenters. The van der Waals surface area contributed by atoms with E-state index in [4.69, 9.17) is 9.47 Å². The Morgan fingerprint density at radius 3 is 2.43 bits per heavy atom. The van der Waals surface area contributed by atoms with Gasteiger partial charge in [0, 0.05) is 12.8 Å². The number of carbonyl (C=O) groups is 3. The molecule has 3 fully saturated rings. The van der Waals surface area contributed by atoms with Gasteiger partial charge in [0.15, 0.2) is 0 Å². The first-order valence-electron chi connectivity index (χ1n) is 17.6. The number of ketones is 1. The summed E-state index contributed by atoms with van der Waals surface area (Å²) in [6.45, 7) is 11.4. The first kappa shape index (κ1) is 32.9. The van der Waals surface area contributed by atoms with Crippen molar-refractivity contribution in [2.24, 2.45) is 39.9 Å². The number of carbonyl (C=O) groups excluding carboxylic acids is 3. The van der Waals surface area contributed by atoms with Crippen LogP contribution < -0.4 is 0 Å². The molecule has 7 atom stereocenters. The second kappa shape index (κ2) is 13.5. The highest BCUT2D eigenvalue weighted by molar-refractivity contribution is 5.81. The third-order valence-corrected chi connectivity index (χ3v) is 12.5. The van der Waals surface area contributed by atoms with Crippen molar-refractivity contribution in [3.05, 3.63) is 47.5 Å². The van der Waals surface area contributed by atoms with Gasteiger partial charge in [-0.05, 0) is 98.4 Å². The molecule has 0 amide bonds. The Labute approximate surface area is 265 Å². The number of benzene rings is 1. The molecule has 0 spiro atoms. The Bertz CT molecular complexity index is 1220. The van der Waals surface area contributed by atoms with Gasteiger partial charge >= 0.3 is 11.9 Å². The van der Waals surface area contributed by atoms with Crippen molar-refractivity contribution in [2.75, 3.05) is 0 Å². The van der Waals surface area contributed by atoms with E-state index in [0.29, 0.717) is 18.4 Å². The number of hydrogen-bond acceptors (Lipinski definition) is 5. The van der Waals surface area contributed by atoms with E-state index in [1.54, 1.807) is 0 Å². The van der Waals surface area contributed by atoms with Gasteiger partial charge < -0.3 is 14.3 Å². The second-order valence-corrected chi connectivity index (χ2v) is 15.6. The van der Waals surface area contributed by atoms with Gasteiger partial charge in [-0.1, -0.05) is 88.9 Å². The van der Waals surface area contributed by atoms with E-state index in [2.05, 4.69) is 33.8 Å². The number of Topliss-reactive ketones (excluding diaryl/α,β-unsaturated/α-hetero) is 1. The molecular formula is C39H56O5. The summed E-state index contributed by atoms with van der Waals surface area (Å²) in [7, 11) is 0. The third kappa shape index (κ3) is 6.44. The van der Waals surface area contributed by atoms with Crippen molar-refractivity contribution in [2.45, 2.75) is 137 Å². The molecule has 0 bridgehead atoms. The summed E-state index contributed by atoms with van der Waals surface area (Å²) in [6, 6.07) is 10.1. The maximum absolute atomic E-state index is 14.7. The number of hydrogen-bond donors (Lipinski definition) is 0. The predicted octanol–water partition coefficient (Wildman–Crippen LogP) is 9.18. The predicted molar refractivity (Wildman–Crippen MR) is 173 cm³/mol. The zero-order chi connectivity index (χ0) is 31.5. The number of allylic oxidation sites excluding steroid dienone is 1. The summed E-state index contributed by atoms with van der Waals surface area (Å²) in [5.41, 5.74) is 1.93. The highest BCUT2D eigenvalue weighted by Gasteiger charge is 2.68. The molecule has 0 N–H and O–H groups in total. The summed E-state index contributed by atoms with van der Waals surface area (Å²) in [4.78, 5) is 38.5. The van der Waals surface area contributed by atoms with Crippen LogP contribution in [0.1, 0.15) is 130 Å². The minimum Gasteiger partial charge on any atom is -0.462 e. The molecule has 5 rings (SSSR count). The number of fused-ring (bicyclic) bond motifs is 5. The van der Waals surface area contributed by atoms with Crippen LogP contribution in [0.3, 0.4) is 0 Å². The van der Waals surface area contributed by atoms with E-state index in [-0.39, 0.29) is 53.4 Å². The fourth-order valence-corrected chi connectivity index (χ4v) is 10.1. The average molecular weight is 605 g/mol. The molecule has 44 heavy (non-hydrogen) atoms. The molecule has 1 aromatic rings. The summed E-state index contributed by atoms with van der Waals surface area (Å²) in [5, 5.41) is 0. The molecule has 1 aromatic carbocycles. The average Bonchev–Trinajstić information content (AvgIpc) is 3.34. The lowest BCUT2D eigenvalue weighted by Gasteiger charge is -2.62. The molecule has 5 heteroatoms. The van der Waals surface area contributed by atoms with E-state index in [1.807, 2.05) is 30.3 Å². The molecule has 5 nitrogen and oxygen atoms in total. The molecular weight excluding hydrogens is 548 g/mol. The van der Waals surface area contributed by atoms with Crippen LogP contribution in [0.25, 0.3) is 0 Å². The highest BCUT2D eigenvalue weighted by atomic mass is 16.5. The monoisotopic (exact) mass is 604 g/mol. The zero-order valence-corrected chi connectivity index (χ0v) is 28.0. The minimum absolute atomic E-state index is 0.0112. The van der Waals surface area contributed by atoms with Gasteiger partial charge in [0.25, 0.3) is 0 Å². The molecule has 242 valence electrons. The van der Waals surface area contributed by atoms with Crippen LogP contribution in [0.15, 0.2) is 42.0 Å². The lowest BCUT2D eigenvalue weighted by Crippen LogP contribution is -2.60. The SMILES string of the molecule is CC(=O)CCC(=O)O[C@H]1CC[C@@]2(C)C(=CCC3(C(=O)OCc4ccccc4)C4CCC(CCCCC(C)C)[C@@]4(C)CCC32)C1. The zero-order valence-electron chi connectivity index (χ0n) is 28.0. The van der Waals surface area contributed by atoms with Gasteiger partial charge in [0.2, 0.25) is 0 Å². The second-order valence-electron chi connectivity index (χ2n) is 15.6. The molecule has 0 radical (unpaired) electrons. The van der Waals surface area contributed by atoms with Crippen LogP contribution in [0.4, 0.5) is 0 Å². The van der Waals surface area contributed by atoms with Gasteiger partial charge in [-0.3, -0.25) is 9.59 Å². The Kier molecular flexibility index (Phi) is 10.1. The Morgan fingerprint density at radius 1 is 0.932 bits per heavy atom. The topological polar surface area (TPSA) is 69.7 Å². The van der Waals surface area contributed by atoms with Crippen molar-refractivity contribution < 1.29 is 23.9 Å². The normalized spacial score (nSPS) is 34.4. The van der Waals surface area contributed by atoms with E-state index in [9.17, 15) is 14.4 Å². The van der Waals surface area contributed by atoms with E-state index in [1.165, 1.54) is 51.0 Å². The summed E-state index contributed by atoms with van der Waals surface area (Å²) in [5.74, 6) is 1.72. The molecule has 0 heterocycles. The van der Waals surface area contributed by atoms with E-state index < -0.39 is 5.41 Å². The van der Waals surface area contributed by atoms with Crippen molar-refractivity contribution in [3.8, 4) is 0 Å². The third-order valence-electron chi connectivity index (χ3n) is 12.5. The van der Waals surface area contributed by atoms with Gasteiger partial charge in [-0.25, -0.2) is 0 Å². The van der Waals surface area contributed by atoms with Crippen molar-refractivity contribution >= 4 is 17.7 Å². The van der Waals surface area contributed by atoms with Crippen LogP contribution in [-0.4, -0.2) is 23.8 Å². The van der Waals surface area contributed by atoms with Gasteiger partial charge in [0.05, 0.1) is 11.8 Å². The first-order valence-corrected chi connectivity index (χ1v) is 17.6. The number of rotatable bonds is 12. The van der Waals surface area contributed by atoms with Crippen LogP contribution in [0.2, 0.25) is 0 Å². The minimum atomic E-state index is -0.516. The van der Waals surface area contributed by atoms with Crippen LogP contribution >= 0.6 is 0 Å². The fraction of sp³-hybridized carbons (Fsp3) is 0.718. The smallest absolute Gasteiger partial charge is 0.313 e. The molecule has 4 aliphatic rings. The maximum Gasteiger partial charge on any atom is 0.313 e. The van der Waals surface area contributed by atoms with E-state index in [0.717, 1.165) is 50.0 Å². The first-order chi connectivity index (χ1) is 21.0. The maximum atomic E-state index is 14.7. The lowest BCUT2D eigenvalue weighted by atomic mass is 9.41. The Morgan fingerprint density at radius 2 is 1.70 bits per heavy atom. The molecule has 3 saturated carbocycles. The van der Waals surface area contributed by atoms with Gasteiger partial charge in [-0.15, -0.1) is 0 Å². The quantitative estimate of drug-likeness (QED) is 0.135. The summed E-state index contributed by atoms with van der Waals surface area (Å²) >= 11 is 0. The van der Waals surface area contributed by atoms with Gasteiger partial charge in [-0.2, -0.15) is 0 Å². The molecule has 4 aliphatic carbocycles. The van der Waals surface area contributed by atoms with Crippen LogP contribution in [-0.2, 0) is 30.5 Å². The standard InChI is InChI=1S/C39H56O5/c1-27(2)11-9-10-14-30-16-17-33-37(30,4)23-21-34-38(5)22-20-32(44-35(41)18-15-28(3)40)25-31(38)19-24-39(33,34)36(42)43-26-29-12-7-6-8-13-29/h6-8,12-13,19,27,30,32-34H,9-11,14-18,20-26H2,1-5H3/t30?,32-,33?,34?,37+,38-,39?/m0/s1. The van der Waals surface area contributed by atoms with Crippen molar-refractivity contribution in [3.63, 3.8) is 0 Å². The van der Waals surface area contributed by atoms with Crippen LogP contribution in [0, 0.1) is 39.9 Å². The Hall–Kier alpha value is -2.43. The molecule has 0 saturated heterocycles. The molecule has 0 aliphatic heterocycles. The number of ether oxygens (including phenoxy) is 2. The summed E-state index contributed by atoms with van der Waals surface area (Å²) < 4.78 is 12.2. The number of esters is 2. The van der Waals surface area contributed by atoms with Crippen molar-refractivity contribution in [1.82, 2.24) is 0 Å². The van der Waals surface area contributed by atoms with Crippen LogP contribution in [0.5, 0.6) is 0 Å². The van der Waals surface area contributed by atoms with Crippen molar-refractivity contribution in [1.29, 1.82) is 0 Å². The largest absolute Gasteiger partial charge is 0.462 e. The summed E-state index contributed by atoms with van der Waals surface area (Å²) in [6.07, 6.45) is 15.5. The van der Waals surface area contributed by atoms with Gasteiger partial charge in [0.1, 0.15) is 18.5 Å². The number of unbranched alkanes of at least 4 members (excludes halogenated alkanes) is 1. The van der Waals surface area contributed by atoms with E-state index >= 15 is 0 Å². The molecule has 0 aromatic heterocycles. The fourth-order valence-electron chi connectivity index (χ4n) is 10.1. The Balaban J connectivity index is 1.40. The lowest BCUT2D eigenvalue weighted by molar-refractivity contribution is -0.189.